The minimum Gasteiger partial charge on any atom is -0.323 e. The molecule has 0 atom stereocenters. The van der Waals surface area contributed by atoms with Gasteiger partial charge in [-0.25, -0.2) is 9.67 Å². The first-order valence-corrected chi connectivity index (χ1v) is 10.7. The molecule has 0 spiro atoms. The van der Waals surface area contributed by atoms with Crippen molar-refractivity contribution < 1.29 is 9.59 Å². The Hall–Kier alpha value is -2.74. The van der Waals surface area contributed by atoms with Gasteiger partial charge in [0.2, 0.25) is 5.91 Å². The van der Waals surface area contributed by atoms with Crippen LogP contribution in [0.3, 0.4) is 0 Å². The fraction of sp³-hybridized carbons (Fsp3) is 0.273. The molecule has 1 saturated heterocycles. The second-order valence-electron chi connectivity index (χ2n) is 7.47. The SMILES string of the molecule is O=C(CN1CCC(C(=O)c2ccc(Cl)cc2)CC1)Nc1cc(Cl)ccc1-n1cncn1. The predicted octanol–water partition coefficient (Wildman–Crippen LogP) is 4.11. The molecule has 4 rings (SSSR count). The van der Waals surface area contributed by atoms with E-state index in [1.165, 1.54) is 6.33 Å². The van der Waals surface area contributed by atoms with Crippen molar-refractivity contribution in [2.45, 2.75) is 12.8 Å². The molecule has 0 aliphatic carbocycles. The topological polar surface area (TPSA) is 80.1 Å². The summed E-state index contributed by atoms with van der Waals surface area (Å²) in [4.78, 5) is 31.4. The molecule has 1 aromatic heterocycles. The third kappa shape index (κ3) is 5.31. The van der Waals surface area contributed by atoms with Gasteiger partial charge in [-0.2, -0.15) is 5.10 Å². The van der Waals surface area contributed by atoms with Crippen LogP contribution >= 0.6 is 23.2 Å². The number of carbonyl (C=O) groups excluding carboxylic acids is 2. The molecule has 0 saturated carbocycles. The van der Waals surface area contributed by atoms with Gasteiger partial charge in [-0.3, -0.25) is 14.5 Å². The number of halogens is 2. The van der Waals surface area contributed by atoms with Gasteiger partial charge in [0.15, 0.2) is 5.78 Å². The monoisotopic (exact) mass is 457 g/mol. The maximum atomic E-state index is 12.7. The van der Waals surface area contributed by atoms with Crippen LogP contribution in [0.1, 0.15) is 23.2 Å². The normalized spacial score (nSPS) is 15.0. The lowest BCUT2D eigenvalue weighted by Gasteiger charge is -2.30. The molecule has 2 aromatic carbocycles. The molecule has 160 valence electrons. The van der Waals surface area contributed by atoms with Crippen molar-refractivity contribution in [2.24, 2.45) is 5.92 Å². The van der Waals surface area contributed by atoms with Gasteiger partial charge < -0.3 is 5.32 Å². The van der Waals surface area contributed by atoms with Gasteiger partial charge in [0, 0.05) is 21.5 Å². The number of hydrogen-bond donors (Lipinski definition) is 1. The number of nitrogens with zero attached hydrogens (tertiary/aromatic N) is 4. The van der Waals surface area contributed by atoms with E-state index in [-0.39, 0.29) is 24.2 Å². The number of nitrogens with one attached hydrogen (secondary N) is 1. The van der Waals surface area contributed by atoms with Crippen molar-refractivity contribution in [3.63, 3.8) is 0 Å². The minimum atomic E-state index is -0.147. The molecule has 0 bridgehead atoms. The number of anilines is 1. The molecule has 1 amide bonds. The van der Waals surface area contributed by atoms with Crippen LogP contribution in [0.2, 0.25) is 10.0 Å². The number of benzene rings is 2. The Kier molecular flexibility index (Phi) is 6.65. The van der Waals surface area contributed by atoms with Crippen molar-refractivity contribution in [1.82, 2.24) is 19.7 Å². The van der Waals surface area contributed by atoms with Gasteiger partial charge in [-0.05, 0) is 68.4 Å². The van der Waals surface area contributed by atoms with E-state index in [0.717, 1.165) is 12.8 Å². The lowest BCUT2D eigenvalue weighted by molar-refractivity contribution is -0.117. The largest absolute Gasteiger partial charge is 0.323 e. The second-order valence-corrected chi connectivity index (χ2v) is 8.34. The maximum absolute atomic E-state index is 12.7. The summed E-state index contributed by atoms with van der Waals surface area (Å²) in [7, 11) is 0. The highest BCUT2D eigenvalue weighted by molar-refractivity contribution is 6.31. The fourth-order valence-electron chi connectivity index (χ4n) is 3.74. The minimum absolute atomic E-state index is 0.0349. The van der Waals surface area contributed by atoms with Gasteiger partial charge >= 0.3 is 0 Å². The van der Waals surface area contributed by atoms with E-state index in [1.807, 2.05) is 0 Å². The van der Waals surface area contributed by atoms with E-state index in [4.69, 9.17) is 23.2 Å². The number of carbonyl (C=O) groups is 2. The smallest absolute Gasteiger partial charge is 0.238 e. The van der Waals surface area contributed by atoms with Gasteiger partial charge in [-0.15, -0.1) is 0 Å². The van der Waals surface area contributed by atoms with Gasteiger partial charge in [-0.1, -0.05) is 23.2 Å². The van der Waals surface area contributed by atoms with Gasteiger partial charge in [0.25, 0.3) is 0 Å². The number of ketones is 1. The Labute approximate surface area is 190 Å². The van der Waals surface area contributed by atoms with Crippen molar-refractivity contribution in [3.05, 3.63) is 70.7 Å². The summed E-state index contributed by atoms with van der Waals surface area (Å²) >= 11 is 12.0. The number of rotatable bonds is 6. The summed E-state index contributed by atoms with van der Waals surface area (Å²) in [5, 5.41) is 8.16. The second kappa shape index (κ2) is 9.60. The Morgan fingerprint density at radius 1 is 1.03 bits per heavy atom. The zero-order valence-corrected chi connectivity index (χ0v) is 18.2. The Morgan fingerprint density at radius 2 is 1.74 bits per heavy atom. The summed E-state index contributed by atoms with van der Waals surface area (Å²) < 4.78 is 1.57. The van der Waals surface area contributed by atoms with Crippen molar-refractivity contribution in [1.29, 1.82) is 0 Å². The zero-order chi connectivity index (χ0) is 21.8. The average molecular weight is 458 g/mol. The predicted molar refractivity (Wildman–Crippen MR) is 120 cm³/mol. The molecule has 0 unspecified atom stereocenters. The molecule has 1 aliphatic rings. The number of amides is 1. The van der Waals surface area contributed by atoms with Crippen LogP contribution in [-0.4, -0.2) is 51.0 Å². The quantitative estimate of drug-likeness (QED) is 0.563. The van der Waals surface area contributed by atoms with Crippen LogP contribution < -0.4 is 5.32 Å². The number of aromatic nitrogens is 3. The van der Waals surface area contributed by atoms with E-state index >= 15 is 0 Å². The molecular weight excluding hydrogens is 437 g/mol. The average Bonchev–Trinajstić information content (AvgIpc) is 3.29. The molecule has 1 aliphatic heterocycles. The molecule has 9 heteroatoms. The molecule has 3 aromatic rings. The lowest BCUT2D eigenvalue weighted by atomic mass is 9.89. The highest BCUT2D eigenvalue weighted by atomic mass is 35.5. The Bertz CT molecular complexity index is 1060. The number of likely N-dealkylation sites (tertiary alicyclic amines) is 1. The highest BCUT2D eigenvalue weighted by Gasteiger charge is 2.26. The summed E-state index contributed by atoms with van der Waals surface area (Å²) in [5.41, 5.74) is 1.93. The zero-order valence-electron chi connectivity index (χ0n) is 16.7. The fourth-order valence-corrected chi connectivity index (χ4v) is 4.03. The van der Waals surface area contributed by atoms with E-state index in [1.54, 1.807) is 53.5 Å². The molecule has 31 heavy (non-hydrogen) atoms. The Morgan fingerprint density at radius 3 is 2.42 bits per heavy atom. The molecular formula is C22H21Cl2N5O2. The van der Waals surface area contributed by atoms with Gasteiger partial charge in [0.1, 0.15) is 12.7 Å². The molecule has 1 fully saturated rings. The van der Waals surface area contributed by atoms with Crippen LogP contribution in [0, 0.1) is 5.92 Å². The first-order valence-electron chi connectivity index (χ1n) is 9.96. The first kappa shape index (κ1) is 21.5. The number of piperidine rings is 1. The number of Topliss-reactive ketones (excluding diaryl/α,β-unsaturated/α-hetero) is 1. The first-order chi connectivity index (χ1) is 15.0. The van der Waals surface area contributed by atoms with Crippen LogP contribution in [0.5, 0.6) is 0 Å². The third-order valence-electron chi connectivity index (χ3n) is 5.35. The van der Waals surface area contributed by atoms with Crippen molar-refractivity contribution >= 4 is 40.6 Å². The lowest BCUT2D eigenvalue weighted by Crippen LogP contribution is -2.40. The number of hydrogen-bond acceptors (Lipinski definition) is 5. The molecule has 2 heterocycles. The van der Waals surface area contributed by atoms with Crippen LogP contribution in [0.15, 0.2) is 55.1 Å². The Balaban J connectivity index is 1.33. The molecule has 0 radical (unpaired) electrons. The van der Waals surface area contributed by atoms with E-state index < -0.39 is 0 Å². The van der Waals surface area contributed by atoms with Crippen LogP contribution in [0.4, 0.5) is 5.69 Å². The van der Waals surface area contributed by atoms with E-state index in [0.29, 0.717) is 40.1 Å². The summed E-state index contributed by atoms with van der Waals surface area (Å²) in [5.74, 6) is -0.0457. The highest BCUT2D eigenvalue weighted by Crippen LogP contribution is 2.25. The standard InChI is InChI=1S/C22H21Cl2N5O2/c23-17-3-1-15(2-4-17)22(31)16-7-9-28(10-8-16)12-21(30)27-19-11-18(24)5-6-20(19)29-14-25-13-26-29/h1-6,11,13-14,16H,7-10,12H2,(H,27,30). The van der Waals surface area contributed by atoms with Crippen LogP contribution in [-0.2, 0) is 4.79 Å². The van der Waals surface area contributed by atoms with Gasteiger partial charge in [0.05, 0.1) is 17.9 Å². The molecule has 7 nitrogen and oxygen atoms in total. The van der Waals surface area contributed by atoms with E-state index in [9.17, 15) is 9.59 Å². The van der Waals surface area contributed by atoms with Crippen molar-refractivity contribution in [3.8, 4) is 5.69 Å². The summed E-state index contributed by atoms with van der Waals surface area (Å²) in [6, 6.07) is 12.2. The van der Waals surface area contributed by atoms with E-state index in [2.05, 4.69) is 20.3 Å². The van der Waals surface area contributed by atoms with Crippen molar-refractivity contribution in [2.75, 3.05) is 25.0 Å². The summed E-state index contributed by atoms with van der Waals surface area (Å²) in [6.45, 7) is 1.61. The third-order valence-corrected chi connectivity index (χ3v) is 5.84. The van der Waals surface area contributed by atoms with Crippen LogP contribution in [0.25, 0.3) is 5.69 Å². The summed E-state index contributed by atoms with van der Waals surface area (Å²) in [6.07, 6.45) is 4.42. The maximum Gasteiger partial charge on any atom is 0.238 e. The molecule has 1 N–H and O–H groups in total.